The Bertz CT molecular complexity index is 813. The molecule has 2 heterocycles. The van der Waals surface area contributed by atoms with E-state index >= 15 is 0 Å². The third kappa shape index (κ3) is 3.96. The quantitative estimate of drug-likeness (QED) is 0.691. The Hall–Kier alpha value is -2.62. The number of hydrogen-bond donors (Lipinski definition) is 3. The van der Waals surface area contributed by atoms with Crippen LogP contribution < -0.4 is 10.6 Å². The highest BCUT2D eigenvalue weighted by molar-refractivity contribution is 5.70. The first-order valence-corrected chi connectivity index (χ1v) is 8.80. The number of aromatic nitrogens is 1. The minimum atomic E-state index is -0.327. The van der Waals surface area contributed by atoms with E-state index in [4.69, 9.17) is 9.84 Å². The van der Waals surface area contributed by atoms with E-state index in [1.807, 2.05) is 44.2 Å². The summed E-state index contributed by atoms with van der Waals surface area (Å²) in [5.74, 6) is 1.25. The molecule has 0 saturated carbocycles. The Labute approximate surface area is 153 Å². The topological polar surface area (TPSA) is 90.2 Å². The lowest BCUT2D eigenvalue weighted by molar-refractivity contribution is -0.0399. The van der Waals surface area contributed by atoms with Crippen LogP contribution in [0.3, 0.4) is 0 Å². The average molecular weight is 352 g/mol. The van der Waals surface area contributed by atoms with Gasteiger partial charge in [0.1, 0.15) is 11.9 Å². The van der Waals surface area contributed by atoms with Crippen molar-refractivity contribution in [3.05, 3.63) is 47.0 Å². The number of fused-ring (bicyclic) bond motifs is 1. The predicted molar refractivity (Wildman–Crippen MR) is 101 cm³/mol. The van der Waals surface area contributed by atoms with Crippen LogP contribution in [0, 0.1) is 11.3 Å². The van der Waals surface area contributed by atoms with Crippen molar-refractivity contribution in [1.29, 1.82) is 5.26 Å². The summed E-state index contributed by atoms with van der Waals surface area (Å²) in [6, 6.07) is 12.0. The summed E-state index contributed by atoms with van der Waals surface area (Å²) in [5.41, 5.74) is 3.02. The zero-order valence-electron chi connectivity index (χ0n) is 15.2. The average Bonchev–Trinajstić information content (AvgIpc) is 2.62. The zero-order valence-corrected chi connectivity index (χ0v) is 15.2. The van der Waals surface area contributed by atoms with Crippen molar-refractivity contribution in [2.75, 3.05) is 23.8 Å². The number of aliphatic hydroxyl groups excluding tert-OH is 1. The molecule has 1 aromatic heterocycles. The van der Waals surface area contributed by atoms with E-state index in [0.717, 1.165) is 16.8 Å². The van der Waals surface area contributed by atoms with E-state index < -0.39 is 0 Å². The molecule has 6 nitrogen and oxygen atoms in total. The first-order valence-electron chi connectivity index (χ1n) is 8.80. The maximum Gasteiger partial charge on any atom is 0.151 e. The van der Waals surface area contributed by atoms with Gasteiger partial charge in [-0.15, -0.1) is 0 Å². The second-order valence-corrected chi connectivity index (χ2v) is 6.97. The van der Waals surface area contributed by atoms with Gasteiger partial charge in [-0.25, -0.2) is 4.98 Å². The highest BCUT2D eigenvalue weighted by Crippen LogP contribution is 2.36. The van der Waals surface area contributed by atoms with Crippen molar-refractivity contribution >= 4 is 17.3 Å². The Morgan fingerprint density at radius 2 is 2.00 bits per heavy atom. The largest absolute Gasteiger partial charge is 0.396 e. The van der Waals surface area contributed by atoms with Gasteiger partial charge in [-0.2, -0.15) is 5.26 Å². The van der Waals surface area contributed by atoms with E-state index in [1.54, 1.807) is 0 Å². The molecule has 3 N–H and O–H groups in total. The molecule has 0 bridgehead atoms. The van der Waals surface area contributed by atoms with E-state index in [1.165, 1.54) is 0 Å². The summed E-state index contributed by atoms with van der Waals surface area (Å²) in [7, 11) is 0. The number of anilines is 3. The molecule has 136 valence electrons. The molecule has 0 spiro atoms. The predicted octanol–water partition coefficient (Wildman–Crippen LogP) is 3.34. The second kappa shape index (κ2) is 7.73. The van der Waals surface area contributed by atoms with Gasteiger partial charge in [0.05, 0.1) is 17.8 Å². The highest BCUT2D eigenvalue weighted by Gasteiger charge is 2.31. The molecule has 3 rings (SSSR count). The summed E-state index contributed by atoms with van der Waals surface area (Å²) < 4.78 is 5.94. The van der Waals surface area contributed by atoms with Crippen LogP contribution in [0.15, 0.2) is 30.3 Å². The normalized spacial score (nSPS) is 15.0. The minimum Gasteiger partial charge on any atom is -0.396 e. The number of nitrogens with zero attached hydrogens (tertiary/aromatic N) is 2. The molecule has 0 radical (unpaired) electrons. The van der Waals surface area contributed by atoms with Crippen LogP contribution in [0.2, 0.25) is 0 Å². The van der Waals surface area contributed by atoms with E-state index in [-0.39, 0.29) is 12.2 Å². The second-order valence-electron chi connectivity index (χ2n) is 6.97. The lowest BCUT2D eigenvalue weighted by Crippen LogP contribution is -2.33. The molecule has 1 aromatic carbocycles. The van der Waals surface area contributed by atoms with Gasteiger partial charge in [0, 0.05) is 30.8 Å². The van der Waals surface area contributed by atoms with Crippen LogP contribution in [0.4, 0.5) is 17.3 Å². The van der Waals surface area contributed by atoms with Crippen LogP contribution in [-0.2, 0) is 17.8 Å². The third-order valence-corrected chi connectivity index (χ3v) is 4.40. The number of aliphatic hydroxyl groups is 1. The highest BCUT2D eigenvalue weighted by atomic mass is 16.5. The molecule has 26 heavy (non-hydrogen) atoms. The number of hydrogen-bond acceptors (Lipinski definition) is 6. The fraction of sp³-hybridized carbons (Fsp3) is 0.400. The van der Waals surface area contributed by atoms with Gasteiger partial charge in [-0.1, -0.05) is 18.2 Å². The van der Waals surface area contributed by atoms with E-state index in [9.17, 15) is 5.26 Å². The summed E-state index contributed by atoms with van der Waals surface area (Å²) in [5, 5.41) is 25.4. The van der Waals surface area contributed by atoms with Gasteiger partial charge in [-0.05, 0) is 38.0 Å². The maximum absolute atomic E-state index is 9.80. The number of ether oxygens (including phenoxy) is 1. The molecule has 0 fully saturated rings. The summed E-state index contributed by atoms with van der Waals surface area (Å²) in [6.07, 6.45) is 1.27. The molecular weight excluding hydrogens is 328 g/mol. The number of benzene rings is 1. The first kappa shape index (κ1) is 18.2. The van der Waals surface area contributed by atoms with Gasteiger partial charge in [-0.3, -0.25) is 0 Å². The van der Waals surface area contributed by atoms with E-state index in [2.05, 4.69) is 21.7 Å². The summed E-state index contributed by atoms with van der Waals surface area (Å²) in [6.45, 7) is 5.19. The molecule has 0 amide bonds. The lowest BCUT2D eigenvalue weighted by Gasteiger charge is -2.33. The Morgan fingerprint density at radius 1 is 1.23 bits per heavy atom. The number of nitriles is 1. The van der Waals surface area contributed by atoms with Crippen molar-refractivity contribution in [3.8, 4) is 6.07 Å². The number of nitrogens with one attached hydrogen (secondary N) is 2. The van der Waals surface area contributed by atoms with Crippen molar-refractivity contribution in [2.24, 2.45) is 0 Å². The molecule has 0 unspecified atom stereocenters. The zero-order chi connectivity index (χ0) is 18.6. The number of rotatable bonds is 6. The molecule has 2 aromatic rings. The number of pyridine rings is 1. The van der Waals surface area contributed by atoms with Gasteiger partial charge in [0.2, 0.25) is 0 Å². The molecular formula is C20H24N4O2. The standard InChI is InChI=1S/C20H24N4O2/c1-20(2)11-15-16(12-21)19(23-14-7-4-3-5-8-14)24-18(17(15)13-26-20)22-9-6-10-25/h3-5,7-8,25H,6,9-11,13H2,1-2H3,(H2,22,23,24). The monoisotopic (exact) mass is 352 g/mol. The Morgan fingerprint density at radius 3 is 2.69 bits per heavy atom. The molecule has 1 aliphatic rings. The van der Waals surface area contributed by atoms with Crippen LogP contribution >= 0.6 is 0 Å². The van der Waals surface area contributed by atoms with Gasteiger partial charge >= 0.3 is 0 Å². The number of para-hydroxylation sites is 1. The van der Waals surface area contributed by atoms with Crippen LogP contribution in [0.1, 0.15) is 37.0 Å². The molecule has 0 atom stereocenters. The maximum atomic E-state index is 9.80. The fourth-order valence-electron chi connectivity index (χ4n) is 3.07. The van der Waals surface area contributed by atoms with Crippen molar-refractivity contribution in [2.45, 2.75) is 38.9 Å². The summed E-state index contributed by atoms with van der Waals surface area (Å²) >= 11 is 0. The van der Waals surface area contributed by atoms with Crippen LogP contribution in [0.5, 0.6) is 0 Å². The van der Waals surface area contributed by atoms with Crippen LogP contribution in [-0.4, -0.2) is 28.8 Å². The molecule has 6 heteroatoms. The lowest BCUT2D eigenvalue weighted by atomic mass is 9.89. The third-order valence-electron chi connectivity index (χ3n) is 4.40. The Balaban J connectivity index is 2.05. The van der Waals surface area contributed by atoms with Gasteiger partial charge in [0.25, 0.3) is 0 Å². The van der Waals surface area contributed by atoms with Gasteiger partial charge < -0.3 is 20.5 Å². The van der Waals surface area contributed by atoms with Crippen LogP contribution in [0.25, 0.3) is 0 Å². The Kier molecular flexibility index (Phi) is 5.40. The molecule has 0 aliphatic carbocycles. The SMILES string of the molecule is CC1(C)Cc2c(C#N)c(Nc3ccccc3)nc(NCCCO)c2CO1. The molecule has 1 aliphatic heterocycles. The fourth-order valence-corrected chi connectivity index (χ4v) is 3.07. The minimum absolute atomic E-state index is 0.115. The van der Waals surface area contributed by atoms with Crippen molar-refractivity contribution in [1.82, 2.24) is 4.98 Å². The molecule has 0 saturated heterocycles. The van der Waals surface area contributed by atoms with Crippen molar-refractivity contribution < 1.29 is 9.84 Å². The van der Waals surface area contributed by atoms with Crippen molar-refractivity contribution in [3.63, 3.8) is 0 Å². The smallest absolute Gasteiger partial charge is 0.151 e. The van der Waals surface area contributed by atoms with E-state index in [0.29, 0.717) is 43.2 Å². The summed E-state index contributed by atoms with van der Waals surface area (Å²) in [4.78, 5) is 4.67. The first-order chi connectivity index (χ1) is 12.5. The van der Waals surface area contributed by atoms with Gasteiger partial charge in [0.15, 0.2) is 5.82 Å².